The second-order valence-corrected chi connectivity index (χ2v) is 9.32. The van der Waals surface area contributed by atoms with E-state index in [1.165, 1.54) is 7.05 Å². The van der Waals surface area contributed by atoms with Crippen LogP contribution in [-0.4, -0.2) is 43.1 Å². The van der Waals surface area contributed by atoms with E-state index in [1.54, 1.807) is 48.6 Å². The third kappa shape index (κ3) is 5.80. The van der Waals surface area contributed by atoms with Gasteiger partial charge in [0.15, 0.2) is 0 Å². The second-order valence-electron chi connectivity index (χ2n) is 6.52. The van der Waals surface area contributed by atoms with E-state index in [0.717, 1.165) is 15.4 Å². The molecule has 0 fully saturated rings. The number of nitrogens with zero attached hydrogens (tertiary/aromatic N) is 1. The van der Waals surface area contributed by atoms with Crippen molar-refractivity contribution < 1.29 is 13.5 Å². The van der Waals surface area contributed by atoms with E-state index in [-0.39, 0.29) is 18.2 Å². The molecule has 3 N–H and O–H groups in total. The third-order valence-corrected chi connectivity index (χ3v) is 6.90. The van der Waals surface area contributed by atoms with E-state index < -0.39 is 15.6 Å². The van der Waals surface area contributed by atoms with Crippen molar-refractivity contribution >= 4 is 39.3 Å². The zero-order valence-electron chi connectivity index (χ0n) is 15.6. The molecule has 152 valence electrons. The minimum Gasteiger partial charge on any atom is -0.383 e. The molecule has 1 unspecified atom stereocenters. The summed E-state index contributed by atoms with van der Waals surface area (Å²) >= 11 is 12.0. The first-order valence-corrected chi connectivity index (χ1v) is 11.2. The number of nitrogens with two attached hydrogens (primary N) is 1. The summed E-state index contributed by atoms with van der Waals surface area (Å²) in [6, 6.07) is 14.1. The van der Waals surface area contributed by atoms with Crippen molar-refractivity contribution in [1.82, 2.24) is 4.31 Å². The lowest BCUT2D eigenvalue weighted by molar-refractivity contribution is 0.0453. The molecule has 0 heterocycles. The minimum absolute atomic E-state index is 0.126. The van der Waals surface area contributed by atoms with Gasteiger partial charge in [-0.2, -0.15) is 0 Å². The largest absolute Gasteiger partial charge is 0.383 e. The Morgan fingerprint density at radius 1 is 1.21 bits per heavy atom. The average Bonchev–Trinajstić information content (AvgIpc) is 2.69. The summed E-state index contributed by atoms with van der Waals surface area (Å²) in [4.78, 5) is 0. The van der Waals surface area contributed by atoms with Crippen molar-refractivity contribution in [2.45, 2.75) is 12.1 Å². The van der Waals surface area contributed by atoms with Gasteiger partial charge < -0.3 is 10.8 Å². The minimum atomic E-state index is -3.63. The van der Waals surface area contributed by atoms with Crippen LogP contribution in [-0.2, 0) is 22.2 Å². The fourth-order valence-electron chi connectivity index (χ4n) is 2.71. The van der Waals surface area contributed by atoms with Gasteiger partial charge in [-0.25, -0.2) is 12.7 Å². The van der Waals surface area contributed by atoms with Crippen molar-refractivity contribution in [3.8, 4) is 0 Å². The monoisotopic (exact) mass is 442 g/mol. The molecular formula is C20H24Cl2N2O3S. The summed E-state index contributed by atoms with van der Waals surface area (Å²) in [6.07, 6.45) is 3.25. The van der Waals surface area contributed by atoms with Gasteiger partial charge >= 0.3 is 0 Å². The first kappa shape index (κ1) is 22.9. The molecule has 5 nitrogen and oxygen atoms in total. The topological polar surface area (TPSA) is 83.6 Å². The maximum absolute atomic E-state index is 12.6. The van der Waals surface area contributed by atoms with E-state index in [9.17, 15) is 13.5 Å². The number of alkyl halides is 1. The van der Waals surface area contributed by atoms with Gasteiger partial charge in [0.1, 0.15) is 5.60 Å². The predicted octanol–water partition coefficient (Wildman–Crippen LogP) is 3.20. The van der Waals surface area contributed by atoms with E-state index in [4.69, 9.17) is 28.9 Å². The van der Waals surface area contributed by atoms with E-state index >= 15 is 0 Å². The quantitative estimate of drug-likeness (QED) is 0.583. The number of hydrogen-bond acceptors (Lipinski definition) is 4. The molecule has 0 saturated carbocycles. The van der Waals surface area contributed by atoms with Gasteiger partial charge in [0.25, 0.3) is 0 Å². The molecule has 2 aromatic rings. The number of likely N-dealkylation sites (N-methyl/N-ethyl adjacent to an activating group) is 1. The molecular weight excluding hydrogens is 419 g/mol. The van der Waals surface area contributed by atoms with Gasteiger partial charge in [-0.1, -0.05) is 60.2 Å². The molecule has 0 saturated heterocycles. The van der Waals surface area contributed by atoms with Crippen LogP contribution in [0.4, 0.5) is 0 Å². The lowest BCUT2D eigenvalue weighted by Crippen LogP contribution is -2.43. The summed E-state index contributed by atoms with van der Waals surface area (Å²) < 4.78 is 26.3. The zero-order valence-corrected chi connectivity index (χ0v) is 17.9. The molecule has 2 rings (SSSR count). The van der Waals surface area contributed by atoms with E-state index in [0.29, 0.717) is 17.1 Å². The van der Waals surface area contributed by atoms with Gasteiger partial charge in [0, 0.05) is 25.2 Å². The maximum atomic E-state index is 12.6. The Morgan fingerprint density at radius 2 is 1.89 bits per heavy atom. The average molecular weight is 443 g/mol. The molecule has 28 heavy (non-hydrogen) atoms. The molecule has 0 aliphatic rings. The standard InChI is InChI=1S/C20H24Cl2N2O3S/c1-24(15-20(25,14-21)18-7-3-2-4-8-18)28(26,27)11-5-6-16-9-10-19(22)17(12-16)13-23/h2-10,12,25H,11,13-15,23H2,1H3. The molecule has 2 aromatic carbocycles. The van der Waals surface area contributed by atoms with Crippen LogP contribution in [0.2, 0.25) is 5.02 Å². The highest BCUT2D eigenvalue weighted by Crippen LogP contribution is 2.25. The molecule has 0 bridgehead atoms. The van der Waals surface area contributed by atoms with Crippen molar-refractivity contribution in [2.75, 3.05) is 25.2 Å². The Hall–Kier alpha value is -1.41. The Morgan fingerprint density at radius 3 is 2.50 bits per heavy atom. The Kier molecular flexibility index (Phi) is 8.07. The van der Waals surface area contributed by atoms with Crippen molar-refractivity contribution in [1.29, 1.82) is 0 Å². The van der Waals surface area contributed by atoms with Gasteiger partial charge in [-0.15, -0.1) is 11.6 Å². The number of aliphatic hydroxyl groups is 1. The maximum Gasteiger partial charge on any atom is 0.217 e. The van der Waals surface area contributed by atoms with Crippen LogP contribution in [0, 0.1) is 0 Å². The summed E-state index contributed by atoms with van der Waals surface area (Å²) in [5, 5.41) is 11.4. The van der Waals surface area contributed by atoms with Crippen LogP contribution in [0.3, 0.4) is 0 Å². The van der Waals surface area contributed by atoms with E-state index in [1.807, 2.05) is 12.1 Å². The van der Waals surface area contributed by atoms with Gasteiger partial charge in [-0.05, 0) is 28.8 Å². The number of benzene rings is 2. The first-order valence-electron chi connectivity index (χ1n) is 8.65. The Labute approximate surface area is 176 Å². The molecule has 0 amide bonds. The summed E-state index contributed by atoms with van der Waals surface area (Å²) in [5.74, 6) is -0.337. The predicted molar refractivity (Wildman–Crippen MR) is 116 cm³/mol. The fourth-order valence-corrected chi connectivity index (χ4v) is 4.15. The zero-order chi connectivity index (χ0) is 20.8. The molecule has 0 aliphatic carbocycles. The first-order chi connectivity index (χ1) is 13.2. The smallest absolute Gasteiger partial charge is 0.217 e. The number of sulfonamides is 1. The molecule has 0 aromatic heterocycles. The summed E-state index contributed by atoms with van der Waals surface area (Å²) in [7, 11) is -2.20. The van der Waals surface area contributed by atoms with Crippen molar-refractivity contribution in [3.63, 3.8) is 0 Å². The lowest BCUT2D eigenvalue weighted by Gasteiger charge is -2.30. The highest BCUT2D eigenvalue weighted by atomic mass is 35.5. The van der Waals surface area contributed by atoms with Gasteiger partial charge in [0.05, 0.1) is 11.6 Å². The highest BCUT2D eigenvalue weighted by molar-refractivity contribution is 7.89. The van der Waals surface area contributed by atoms with Crippen LogP contribution >= 0.6 is 23.2 Å². The van der Waals surface area contributed by atoms with Crippen LogP contribution < -0.4 is 5.73 Å². The van der Waals surface area contributed by atoms with Gasteiger partial charge in [-0.3, -0.25) is 0 Å². The molecule has 0 radical (unpaired) electrons. The lowest BCUT2D eigenvalue weighted by atomic mass is 9.96. The van der Waals surface area contributed by atoms with Crippen LogP contribution in [0.5, 0.6) is 0 Å². The molecule has 0 aliphatic heterocycles. The van der Waals surface area contributed by atoms with Crippen LogP contribution in [0.1, 0.15) is 16.7 Å². The number of rotatable bonds is 9. The van der Waals surface area contributed by atoms with Crippen molar-refractivity contribution in [2.24, 2.45) is 5.73 Å². The Balaban J connectivity index is 2.09. The highest BCUT2D eigenvalue weighted by Gasteiger charge is 2.33. The Bertz CT molecular complexity index is 920. The van der Waals surface area contributed by atoms with Gasteiger partial charge in [0.2, 0.25) is 10.0 Å². The molecule has 0 spiro atoms. The second kappa shape index (κ2) is 9.87. The normalized spacial score (nSPS) is 14.5. The summed E-state index contributed by atoms with van der Waals surface area (Å²) in [5.41, 5.74) is 6.33. The molecule has 1 atom stereocenters. The third-order valence-electron chi connectivity index (χ3n) is 4.40. The fraction of sp³-hybridized carbons (Fsp3) is 0.300. The summed E-state index contributed by atoms with van der Waals surface area (Å²) in [6.45, 7) is 0.160. The number of hydrogen-bond donors (Lipinski definition) is 2. The van der Waals surface area contributed by atoms with Crippen LogP contribution in [0.15, 0.2) is 54.6 Å². The van der Waals surface area contributed by atoms with Crippen LogP contribution in [0.25, 0.3) is 6.08 Å². The molecule has 8 heteroatoms. The van der Waals surface area contributed by atoms with Crippen molar-refractivity contribution in [3.05, 3.63) is 76.3 Å². The SMILES string of the molecule is CN(CC(O)(CCl)c1ccccc1)S(=O)(=O)CC=Cc1ccc(Cl)c(CN)c1. The number of halogens is 2. The van der Waals surface area contributed by atoms with E-state index in [2.05, 4.69) is 0 Å².